The number of hydrogen-bond acceptors (Lipinski definition) is 3. The summed E-state index contributed by atoms with van der Waals surface area (Å²) in [6, 6.07) is 6.52. The fourth-order valence-corrected chi connectivity index (χ4v) is 4.12. The van der Waals surface area contributed by atoms with Crippen LogP contribution in [-0.2, 0) is 12.8 Å². The van der Waals surface area contributed by atoms with Crippen molar-refractivity contribution in [2.24, 2.45) is 11.7 Å². The van der Waals surface area contributed by atoms with E-state index in [4.69, 9.17) is 10.5 Å². The van der Waals surface area contributed by atoms with Crippen LogP contribution in [0.1, 0.15) is 37.3 Å². The number of benzene rings is 1. The van der Waals surface area contributed by atoms with Crippen molar-refractivity contribution in [2.75, 3.05) is 26.7 Å². The molecule has 3 rings (SSSR count). The summed E-state index contributed by atoms with van der Waals surface area (Å²) in [5.74, 6) is 1.83. The van der Waals surface area contributed by atoms with Crippen LogP contribution in [0.25, 0.3) is 0 Å². The van der Waals surface area contributed by atoms with Crippen LogP contribution in [0.3, 0.4) is 0 Å². The predicted octanol–water partition coefficient (Wildman–Crippen LogP) is 2.61. The van der Waals surface area contributed by atoms with Crippen molar-refractivity contribution in [2.45, 2.75) is 44.6 Å². The zero-order chi connectivity index (χ0) is 14.9. The maximum Gasteiger partial charge on any atom is 0.119 e. The summed E-state index contributed by atoms with van der Waals surface area (Å²) < 4.78 is 5.40. The molecule has 2 unspecified atom stereocenters. The minimum Gasteiger partial charge on any atom is -0.497 e. The van der Waals surface area contributed by atoms with Crippen LogP contribution in [0.4, 0.5) is 0 Å². The molecule has 2 aliphatic rings. The molecular formula is C18H28N2O. The standard InChI is InChI=1S/C18H28N2O/c1-3-14-7-9-20(12-14)18(13-19)8-6-15-4-5-17(21-2)10-16(15)11-18/h4-5,10,14H,3,6-9,11-13,19H2,1-2H3. The van der Waals surface area contributed by atoms with Crippen molar-refractivity contribution >= 4 is 0 Å². The number of methoxy groups -OCH3 is 1. The molecular weight excluding hydrogens is 260 g/mol. The number of fused-ring (bicyclic) bond motifs is 1. The van der Waals surface area contributed by atoms with E-state index in [1.165, 1.54) is 43.5 Å². The Morgan fingerprint density at radius 1 is 1.38 bits per heavy atom. The van der Waals surface area contributed by atoms with Gasteiger partial charge in [0.05, 0.1) is 7.11 Å². The van der Waals surface area contributed by atoms with Gasteiger partial charge in [0.15, 0.2) is 0 Å². The average Bonchev–Trinajstić information content (AvgIpc) is 3.03. The molecule has 0 saturated carbocycles. The van der Waals surface area contributed by atoms with Gasteiger partial charge in [0.2, 0.25) is 0 Å². The minimum absolute atomic E-state index is 0.170. The maximum absolute atomic E-state index is 6.26. The first-order chi connectivity index (χ1) is 10.2. The van der Waals surface area contributed by atoms with Gasteiger partial charge in [-0.25, -0.2) is 0 Å². The number of aryl methyl sites for hydroxylation is 1. The van der Waals surface area contributed by atoms with Gasteiger partial charge in [-0.15, -0.1) is 0 Å². The van der Waals surface area contributed by atoms with E-state index in [1.807, 2.05) is 0 Å². The Morgan fingerprint density at radius 3 is 2.90 bits per heavy atom. The van der Waals surface area contributed by atoms with Gasteiger partial charge >= 0.3 is 0 Å². The molecule has 1 heterocycles. The summed E-state index contributed by atoms with van der Waals surface area (Å²) in [7, 11) is 1.74. The third-order valence-corrected chi connectivity index (χ3v) is 5.71. The molecule has 1 aromatic rings. The lowest BCUT2D eigenvalue weighted by Crippen LogP contribution is -2.56. The Hall–Kier alpha value is -1.06. The second kappa shape index (κ2) is 5.98. The molecule has 0 aromatic heterocycles. The zero-order valence-corrected chi connectivity index (χ0v) is 13.4. The number of nitrogens with two attached hydrogens (primary N) is 1. The Kier molecular flexibility index (Phi) is 4.23. The predicted molar refractivity (Wildman–Crippen MR) is 86.8 cm³/mol. The smallest absolute Gasteiger partial charge is 0.119 e. The van der Waals surface area contributed by atoms with Crippen LogP contribution < -0.4 is 10.5 Å². The van der Waals surface area contributed by atoms with Gasteiger partial charge in [-0.3, -0.25) is 4.90 Å². The lowest BCUT2D eigenvalue weighted by molar-refractivity contribution is 0.102. The van der Waals surface area contributed by atoms with E-state index in [9.17, 15) is 0 Å². The minimum atomic E-state index is 0.170. The average molecular weight is 288 g/mol. The molecule has 2 N–H and O–H groups in total. The third kappa shape index (κ3) is 2.69. The summed E-state index contributed by atoms with van der Waals surface area (Å²) in [5.41, 5.74) is 9.34. The van der Waals surface area contributed by atoms with Gasteiger partial charge in [-0.1, -0.05) is 19.4 Å². The second-order valence-electron chi connectivity index (χ2n) is 6.75. The van der Waals surface area contributed by atoms with Crippen molar-refractivity contribution in [3.8, 4) is 5.75 Å². The molecule has 1 fully saturated rings. The van der Waals surface area contributed by atoms with E-state index in [1.54, 1.807) is 7.11 Å². The fourth-order valence-electron chi connectivity index (χ4n) is 4.12. The molecule has 0 spiro atoms. The molecule has 0 radical (unpaired) electrons. The van der Waals surface area contributed by atoms with Crippen LogP contribution in [0.15, 0.2) is 18.2 Å². The molecule has 1 saturated heterocycles. The largest absolute Gasteiger partial charge is 0.497 e. The summed E-state index contributed by atoms with van der Waals surface area (Å²) in [4.78, 5) is 2.68. The first kappa shape index (κ1) is 14.9. The highest BCUT2D eigenvalue weighted by molar-refractivity contribution is 5.39. The number of nitrogens with zero attached hydrogens (tertiary/aromatic N) is 1. The van der Waals surface area contributed by atoms with Crippen molar-refractivity contribution in [3.63, 3.8) is 0 Å². The van der Waals surface area contributed by atoms with Crippen LogP contribution in [0, 0.1) is 5.92 Å². The highest BCUT2D eigenvalue weighted by Gasteiger charge is 2.41. The molecule has 2 atom stereocenters. The quantitative estimate of drug-likeness (QED) is 0.925. The van der Waals surface area contributed by atoms with Gasteiger partial charge in [-0.2, -0.15) is 0 Å². The Balaban J connectivity index is 1.84. The van der Waals surface area contributed by atoms with Gasteiger partial charge in [-0.05, 0) is 61.4 Å². The van der Waals surface area contributed by atoms with E-state index in [0.717, 1.165) is 31.1 Å². The first-order valence-corrected chi connectivity index (χ1v) is 8.31. The monoisotopic (exact) mass is 288 g/mol. The number of hydrogen-bond donors (Lipinski definition) is 1. The van der Waals surface area contributed by atoms with E-state index < -0.39 is 0 Å². The molecule has 1 aliphatic heterocycles. The SMILES string of the molecule is CCC1CCN(C2(CN)CCc3ccc(OC)cc3C2)C1. The van der Waals surface area contributed by atoms with Gasteiger partial charge in [0.25, 0.3) is 0 Å². The second-order valence-corrected chi connectivity index (χ2v) is 6.75. The molecule has 1 aliphatic carbocycles. The molecule has 3 heteroatoms. The molecule has 1 aromatic carbocycles. The van der Waals surface area contributed by atoms with Gasteiger partial charge in [0.1, 0.15) is 5.75 Å². The number of likely N-dealkylation sites (tertiary alicyclic amines) is 1. The maximum atomic E-state index is 6.26. The topological polar surface area (TPSA) is 38.5 Å². The van der Waals surface area contributed by atoms with E-state index in [2.05, 4.69) is 30.0 Å². The van der Waals surface area contributed by atoms with E-state index in [-0.39, 0.29) is 5.54 Å². The van der Waals surface area contributed by atoms with Crippen LogP contribution >= 0.6 is 0 Å². The Morgan fingerprint density at radius 2 is 2.24 bits per heavy atom. The van der Waals surface area contributed by atoms with Gasteiger partial charge in [0, 0.05) is 18.6 Å². The van der Waals surface area contributed by atoms with E-state index in [0.29, 0.717) is 0 Å². The molecule has 116 valence electrons. The van der Waals surface area contributed by atoms with Crippen LogP contribution in [-0.4, -0.2) is 37.2 Å². The van der Waals surface area contributed by atoms with Crippen LogP contribution in [0.2, 0.25) is 0 Å². The lowest BCUT2D eigenvalue weighted by Gasteiger charge is -2.45. The first-order valence-electron chi connectivity index (χ1n) is 8.31. The van der Waals surface area contributed by atoms with Crippen LogP contribution in [0.5, 0.6) is 5.75 Å². The fraction of sp³-hybridized carbons (Fsp3) is 0.667. The van der Waals surface area contributed by atoms with Crippen molar-refractivity contribution in [3.05, 3.63) is 29.3 Å². The summed E-state index contributed by atoms with van der Waals surface area (Å²) in [5, 5.41) is 0. The molecule has 3 nitrogen and oxygen atoms in total. The summed E-state index contributed by atoms with van der Waals surface area (Å²) in [6.07, 6.45) is 6.04. The van der Waals surface area contributed by atoms with E-state index >= 15 is 0 Å². The highest BCUT2D eigenvalue weighted by Crippen LogP contribution is 2.37. The zero-order valence-electron chi connectivity index (χ0n) is 13.4. The molecule has 0 amide bonds. The lowest BCUT2D eigenvalue weighted by atomic mass is 9.76. The van der Waals surface area contributed by atoms with Gasteiger partial charge < -0.3 is 10.5 Å². The summed E-state index contributed by atoms with van der Waals surface area (Å²) in [6.45, 7) is 5.52. The molecule has 0 bridgehead atoms. The number of ether oxygens (including phenoxy) is 1. The third-order valence-electron chi connectivity index (χ3n) is 5.71. The summed E-state index contributed by atoms with van der Waals surface area (Å²) >= 11 is 0. The highest BCUT2D eigenvalue weighted by atomic mass is 16.5. The Labute approximate surface area is 128 Å². The van der Waals surface area contributed by atoms with Crippen molar-refractivity contribution in [1.82, 2.24) is 4.90 Å². The van der Waals surface area contributed by atoms with Crippen molar-refractivity contribution in [1.29, 1.82) is 0 Å². The molecule has 21 heavy (non-hydrogen) atoms. The number of rotatable bonds is 4. The normalized spacial score (nSPS) is 29.4. The van der Waals surface area contributed by atoms with Crippen molar-refractivity contribution < 1.29 is 4.74 Å². The Bertz CT molecular complexity index is 502.